The zero-order chi connectivity index (χ0) is 17.6. The molecule has 132 valence electrons. The molecule has 0 saturated carbocycles. The summed E-state index contributed by atoms with van der Waals surface area (Å²) in [7, 11) is 1.80. The van der Waals surface area contributed by atoms with Crippen molar-refractivity contribution in [1.29, 1.82) is 0 Å². The monoisotopic (exact) mass is 340 g/mol. The van der Waals surface area contributed by atoms with E-state index in [4.69, 9.17) is 0 Å². The summed E-state index contributed by atoms with van der Waals surface area (Å²) < 4.78 is 1.65. The molecule has 1 atom stereocenters. The molecule has 25 heavy (non-hydrogen) atoms. The van der Waals surface area contributed by atoms with Gasteiger partial charge in [-0.15, -0.1) is 0 Å². The first-order valence-corrected chi connectivity index (χ1v) is 8.70. The minimum absolute atomic E-state index is 0.0341. The van der Waals surface area contributed by atoms with Gasteiger partial charge < -0.3 is 10.6 Å². The van der Waals surface area contributed by atoms with Crippen molar-refractivity contribution in [2.24, 2.45) is 5.92 Å². The largest absolute Gasteiger partial charge is 0.373 e. The number of rotatable bonds is 4. The number of nitrogens with zero attached hydrogens (tertiary/aromatic N) is 4. The SMILES string of the molecule is CNc1cc(-n2nc(C)cc2NC(=O)C2CC/C=C\CCC2)ncn1. The summed E-state index contributed by atoms with van der Waals surface area (Å²) in [6, 6.07) is 3.66. The molecule has 1 amide bonds. The maximum Gasteiger partial charge on any atom is 0.228 e. The van der Waals surface area contributed by atoms with E-state index in [9.17, 15) is 4.79 Å². The summed E-state index contributed by atoms with van der Waals surface area (Å²) in [6.07, 6.45) is 10.7. The Balaban J connectivity index is 1.80. The number of hydrogen-bond acceptors (Lipinski definition) is 5. The molecular weight excluding hydrogens is 316 g/mol. The minimum Gasteiger partial charge on any atom is -0.373 e. The molecule has 0 radical (unpaired) electrons. The fraction of sp³-hybridized carbons (Fsp3) is 0.444. The van der Waals surface area contributed by atoms with Gasteiger partial charge in [-0.2, -0.15) is 9.78 Å². The summed E-state index contributed by atoms with van der Waals surface area (Å²) in [5.41, 5.74) is 0.820. The van der Waals surface area contributed by atoms with Gasteiger partial charge in [-0.25, -0.2) is 9.97 Å². The van der Waals surface area contributed by atoms with E-state index in [2.05, 4.69) is 37.9 Å². The van der Waals surface area contributed by atoms with Crippen molar-refractivity contribution >= 4 is 17.5 Å². The zero-order valence-corrected chi connectivity index (χ0v) is 14.7. The van der Waals surface area contributed by atoms with Crippen LogP contribution in [0, 0.1) is 12.8 Å². The Labute approximate surface area is 147 Å². The van der Waals surface area contributed by atoms with E-state index in [0.29, 0.717) is 17.5 Å². The first-order valence-electron chi connectivity index (χ1n) is 8.70. The first-order chi connectivity index (χ1) is 12.2. The molecule has 0 aliphatic heterocycles. The van der Waals surface area contributed by atoms with E-state index in [1.807, 2.05) is 13.0 Å². The molecule has 2 heterocycles. The Hall–Kier alpha value is -2.70. The van der Waals surface area contributed by atoms with Gasteiger partial charge in [-0.1, -0.05) is 12.2 Å². The predicted molar refractivity (Wildman–Crippen MR) is 97.8 cm³/mol. The fourth-order valence-corrected chi connectivity index (χ4v) is 3.01. The Morgan fingerprint density at radius 3 is 2.88 bits per heavy atom. The van der Waals surface area contributed by atoms with Crippen molar-refractivity contribution in [1.82, 2.24) is 19.7 Å². The third-order valence-electron chi connectivity index (χ3n) is 4.35. The van der Waals surface area contributed by atoms with Crippen LogP contribution in [-0.2, 0) is 4.79 Å². The second-order valence-corrected chi connectivity index (χ2v) is 6.26. The molecule has 2 aromatic heterocycles. The van der Waals surface area contributed by atoms with Crippen molar-refractivity contribution in [3.63, 3.8) is 0 Å². The lowest BCUT2D eigenvalue weighted by Gasteiger charge is -2.17. The summed E-state index contributed by atoms with van der Waals surface area (Å²) in [4.78, 5) is 21.1. The van der Waals surface area contributed by atoms with Gasteiger partial charge in [0.1, 0.15) is 18.0 Å². The molecule has 7 nitrogen and oxygen atoms in total. The van der Waals surface area contributed by atoms with Gasteiger partial charge in [0.25, 0.3) is 0 Å². The predicted octanol–water partition coefficient (Wildman–Crippen LogP) is 3.09. The van der Waals surface area contributed by atoms with Crippen LogP contribution in [0.15, 0.2) is 30.6 Å². The van der Waals surface area contributed by atoms with Gasteiger partial charge in [-0.05, 0) is 39.0 Å². The van der Waals surface area contributed by atoms with Crippen LogP contribution in [0.3, 0.4) is 0 Å². The van der Waals surface area contributed by atoms with Crippen LogP contribution in [-0.4, -0.2) is 32.7 Å². The second-order valence-electron chi connectivity index (χ2n) is 6.26. The summed E-state index contributed by atoms with van der Waals surface area (Å²) in [5, 5.41) is 10.5. The Kier molecular flexibility index (Phi) is 5.42. The number of amides is 1. The number of carbonyl (C=O) groups is 1. The molecule has 0 saturated heterocycles. The van der Waals surface area contributed by atoms with Crippen molar-refractivity contribution in [3.05, 3.63) is 36.3 Å². The third kappa shape index (κ3) is 4.23. The molecule has 0 fully saturated rings. The van der Waals surface area contributed by atoms with Crippen LogP contribution in [0.2, 0.25) is 0 Å². The molecule has 2 aromatic rings. The highest BCUT2D eigenvalue weighted by atomic mass is 16.2. The third-order valence-corrected chi connectivity index (χ3v) is 4.35. The van der Waals surface area contributed by atoms with E-state index in [-0.39, 0.29) is 11.8 Å². The molecule has 1 aliphatic carbocycles. The van der Waals surface area contributed by atoms with Crippen LogP contribution >= 0.6 is 0 Å². The van der Waals surface area contributed by atoms with E-state index >= 15 is 0 Å². The van der Waals surface area contributed by atoms with E-state index in [0.717, 1.165) is 37.8 Å². The fourth-order valence-electron chi connectivity index (χ4n) is 3.01. The van der Waals surface area contributed by atoms with Gasteiger partial charge in [0, 0.05) is 25.1 Å². The average molecular weight is 340 g/mol. The lowest BCUT2D eigenvalue weighted by atomic mass is 9.93. The van der Waals surface area contributed by atoms with Crippen LogP contribution in [0.4, 0.5) is 11.6 Å². The Morgan fingerprint density at radius 1 is 1.20 bits per heavy atom. The lowest BCUT2D eigenvalue weighted by Crippen LogP contribution is -2.24. The zero-order valence-electron chi connectivity index (χ0n) is 14.7. The molecule has 7 heteroatoms. The highest BCUT2D eigenvalue weighted by Crippen LogP contribution is 2.22. The van der Waals surface area contributed by atoms with Gasteiger partial charge >= 0.3 is 0 Å². The number of nitrogens with one attached hydrogen (secondary N) is 2. The van der Waals surface area contributed by atoms with Gasteiger partial charge in [0.2, 0.25) is 5.91 Å². The van der Waals surface area contributed by atoms with Crippen LogP contribution < -0.4 is 10.6 Å². The molecule has 0 aromatic carbocycles. The van der Waals surface area contributed by atoms with Crippen molar-refractivity contribution in [2.75, 3.05) is 17.7 Å². The highest BCUT2D eigenvalue weighted by Gasteiger charge is 2.20. The Bertz CT molecular complexity index is 767. The molecule has 2 N–H and O–H groups in total. The smallest absolute Gasteiger partial charge is 0.228 e. The van der Waals surface area contributed by atoms with E-state index in [1.165, 1.54) is 6.33 Å². The summed E-state index contributed by atoms with van der Waals surface area (Å²) >= 11 is 0. The molecule has 3 rings (SSSR count). The van der Waals surface area contributed by atoms with Crippen LogP contribution in [0.25, 0.3) is 5.82 Å². The number of anilines is 2. The van der Waals surface area contributed by atoms with Gasteiger partial charge in [0.15, 0.2) is 5.82 Å². The summed E-state index contributed by atoms with van der Waals surface area (Å²) in [6.45, 7) is 1.90. The normalized spacial score (nSPS) is 18.9. The molecular formula is C18H24N6O. The molecule has 1 unspecified atom stereocenters. The Morgan fingerprint density at radius 2 is 2.04 bits per heavy atom. The highest BCUT2D eigenvalue weighted by molar-refractivity contribution is 5.92. The number of aryl methyl sites for hydroxylation is 1. The molecule has 0 spiro atoms. The van der Waals surface area contributed by atoms with Crippen molar-refractivity contribution < 1.29 is 4.79 Å². The second kappa shape index (κ2) is 7.92. The quantitative estimate of drug-likeness (QED) is 0.836. The van der Waals surface area contributed by atoms with Crippen molar-refractivity contribution in [2.45, 2.75) is 39.0 Å². The van der Waals surface area contributed by atoms with Gasteiger partial charge in [-0.3, -0.25) is 4.79 Å². The number of hydrogen-bond donors (Lipinski definition) is 2. The van der Waals surface area contributed by atoms with E-state index < -0.39 is 0 Å². The lowest BCUT2D eigenvalue weighted by molar-refractivity contribution is -0.120. The number of carbonyl (C=O) groups excluding carboxylic acids is 1. The standard InChI is InChI=1S/C18H24N6O/c1-13-10-17(22-18(25)14-8-6-4-3-5-7-9-14)24(23-13)16-11-15(19-2)20-12-21-16/h3-4,10-12,14H,5-9H2,1-2H3,(H,22,25)(H,19,20,21)/b4-3-. The van der Waals surface area contributed by atoms with Crippen LogP contribution in [0.1, 0.15) is 37.8 Å². The number of allylic oxidation sites excluding steroid dienone is 2. The maximum absolute atomic E-state index is 12.7. The number of aromatic nitrogens is 4. The first kappa shape index (κ1) is 17.1. The average Bonchev–Trinajstić information content (AvgIpc) is 2.95. The van der Waals surface area contributed by atoms with Crippen LogP contribution in [0.5, 0.6) is 0 Å². The minimum atomic E-state index is 0.0341. The van der Waals surface area contributed by atoms with Crippen molar-refractivity contribution in [3.8, 4) is 5.82 Å². The maximum atomic E-state index is 12.7. The van der Waals surface area contributed by atoms with Gasteiger partial charge in [0.05, 0.1) is 5.69 Å². The molecule has 0 bridgehead atoms. The summed E-state index contributed by atoms with van der Waals surface area (Å²) in [5.74, 6) is 2.04. The van der Waals surface area contributed by atoms with E-state index in [1.54, 1.807) is 17.8 Å². The molecule has 1 aliphatic rings. The topological polar surface area (TPSA) is 84.7 Å².